The summed E-state index contributed by atoms with van der Waals surface area (Å²) in [6.07, 6.45) is 10.8. The van der Waals surface area contributed by atoms with Crippen LogP contribution in [0.15, 0.2) is 29.7 Å². The molecule has 0 unspecified atom stereocenters. The predicted octanol–water partition coefficient (Wildman–Crippen LogP) is 4.63. The van der Waals surface area contributed by atoms with E-state index < -0.39 is 0 Å². The number of pyridine rings is 1. The van der Waals surface area contributed by atoms with E-state index in [1.165, 1.54) is 31.4 Å². The van der Waals surface area contributed by atoms with Crippen molar-refractivity contribution in [2.75, 3.05) is 0 Å². The fourth-order valence-corrected chi connectivity index (χ4v) is 4.35. The van der Waals surface area contributed by atoms with Crippen molar-refractivity contribution >= 4 is 11.8 Å². The van der Waals surface area contributed by atoms with Gasteiger partial charge in [0.1, 0.15) is 5.69 Å². The second-order valence-electron chi connectivity index (χ2n) is 5.77. The van der Waals surface area contributed by atoms with Crippen molar-refractivity contribution in [3.8, 4) is 17.5 Å². The first-order chi connectivity index (χ1) is 11.3. The Morgan fingerprint density at radius 3 is 2.78 bits per heavy atom. The number of nitrogens with zero attached hydrogens (tertiary/aromatic N) is 3. The van der Waals surface area contributed by atoms with Gasteiger partial charge in [-0.15, -0.1) is 0 Å². The van der Waals surface area contributed by atoms with Gasteiger partial charge in [-0.05, 0) is 37.3 Å². The second-order valence-corrected chi connectivity index (χ2v) is 7.04. The summed E-state index contributed by atoms with van der Waals surface area (Å²) in [7, 11) is 0. The third-order valence-corrected chi connectivity index (χ3v) is 5.43. The molecular weight excluding hydrogens is 302 g/mol. The topological polar surface area (TPSA) is 30.7 Å². The van der Waals surface area contributed by atoms with Crippen LogP contribution in [0.2, 0.25) is 0 Å². The van der Waals surface area contributed by atoms with Crippen LogP contribution in [0.25, 0.3) is 5.69 Å². The van der Waals surface area contributed by atoms with Crippen molar-refractivity contribution in [3.63, 3.8) is 0 Å². The van der Waals surface area contributed by atoms with Crippen LogP contribution in [0, 0.1) is 11.8 Å². The number of hydrogen-bond donors (Lipinski definition) is 0. The fourth-order valence-electron chi connectivity index (χ4n) is 3.02. The van der Waals surface area contributed by atoms with Crippen LogP contribution in [0.5, 0.6) is 0 Å². The number of thioether (sulfide) groups is 1. The minimum Gasteiger partial charge on any atom is -0.289 e. The maximum absolute atomic E-state index is 4.88. The summed E-state index contributed by atoms with van der Waals surface area (Å²) >= 11 is 1.91. The first-order valence-corrected chi connectivity index (χ1v) is 9.39. The highest BCUT2D eigenvalue weighted by atomic mass is 32.2. The van der Waals surface area contributed by atoms with E-state index >= 15 is 0 Å². The maximum Gasteiger partial charge on any atom is 0.174 e. The highest BCUT2D eigenvalue weighted by molar-refractivity contribution is 7.99. The third kappa shape index (κ3) is 3.61. The lowest BCUT2D eigenvalue weighted by molar-refractivity contribution is 0.820. The number of rotatable bonds is 4. The SMILES string of the molecule is CCC#Cc1nc(SC2CCCC2)n(-c2cccnc2)c1CC. The largest absolute Gasteiger partial charge is 0.289 e. The fraction of sp³-hybridized carbons (Fsp3) is 0.474. The Hall–Kier alpha value is -1.73. The smallest absolute Gasteiger partial charge is 0.174 e. The van der Waals surface area contributed by atoms with Crippen LogP contribution in [0.4, 0.5) is 0 Å². The molecular formula is C19H23N3S. The lowest BCUT2D eigenvalue weighted by Crippen LogP contribution is -2.04. The summed E-state index contributed by atoms with van der Waals surface area (Å²) in [5.41, 5.74) is 3.21. The maximum atomic E-state index is 4.88. The lowest BCUT2D eigenvalue weighted by atomic mass is 10.2. The Balaban J connectivity index is 2.06. The summed E-state index contributed by atoms with van der Waals surface area (Å²) in [5, 5.41) is 1.76. The van der Waals surface area contributed by atoms with Gasteiger partial charge in [-0.1, -0.05) is 44.4 Å². The molecule has 0 atom stereocenters. The molecule has 120 valence electrons. The highest BCUT2D eigenvalue weighted by Gasteiger charge is 2.22. The van der Waals surface area contributed by atoms with Gasteiger partial charge in [0.05, 0.1) is 17.6 Å². The Kier molecular flexibility index (Phi) is 5.40. The second kappa shape index (κ2) is 7.70. The number of imidazole rings is 1. The van der Waals surface area contributed by atoms with Gasteiger partial charge >= 0.3 is 0 Å². The summed E-state index contributed by atoms with van der Waals surface area (Å²) in [6, 6.07) is 4.08. The lowest BCUT2D eigenvalue weighted by Gasteiger charge is -2.13. The number of aromatic nitrogens is 3. The zero-order valence-electron chi connectivity index (χ0n) is 13.9. The van der Waals surface area contributed by atoms with Crippen LogP contribution in [0.3, 0.4) is 0 Å². The molecule has 2 aromatic heterocycles. The average Bonchev–Trinajstić information content (AvgIpc) is 3.21. The van der Waals surface area contributed by atoms with E-state index in [4.69, 9.17) is 4.98 Å². The van der Waals surface area contributed by atoms with Crippen molar-refractivity contribution in [1.82, 2.24) is 14.5 Å². The van der Waals surface area contributed by atoms with Crippen molar-refractivity contribution < 1.29 is 0 Å². The Morgan fingerprint density at radius 1 is 1.30 bits per heavy atom. The van der Waals surface area contributed by atoms with Gasteiger partial charge in [0.2, 0.25) is 0 Å². The van der Waals surface area contributed by atoms with Crippen molar-refractivity contribution in [2.24, 2.45) is 0 Å². The number of hydrogen-bond acceptors (Lipinski definition) is 3. The van der Waals surface area contributed by atoms with Crippen molar-refractivity contribution in [1.29, 1.82) is 0 Å². The van der Waals surface area contributed by atoms with E-state index in [1.54, 1.807) is 0 Å². The van der Waals surface area contributed by atoms with E-state index in [0.29, 0.717) is 5.25 Å². The van der Waals surface area contributed by atoms with Crippen LogP contribution in [-0.2, 0) is 6.42 Å². The van der Waals surface area contributed by atoms with Crippen molar-refractivity contribution in [2.45, 2.75) is 62.8 Å². The predicted molar refractivity (Wildman–Crippen MR) is 96.0 cm³/mol. The molecule has 0 N–H and O–H groups in total. The molecule has 0 saturated heterocycles. The van der Waals surface area contributed by atoms with E-state index in [-0.39, 0.29) is 0 Å². The van der Waals surface area contributed by atoms with E-state index in [2.05, 4.69) is 41.3 Å². The normalized spacial score (nSPS) is 14.7. The molecule has 3 rings (SSSR count). The van der Waals surface area contributed by atoms with Gasteiger partial charge in [0, 0.05) is 17.9 Å². The molecule has 0 amide bonds. The average molecular weight is 325 g/mol. The van der Waals surface area contributed by atoms with Crippen LogP contribution in [0.1, 0.15) is 57.3 Å². The Labute approximate surface area is 142 Å². The van der Waals surface area contributed by atoms with Gasteiger partial charge in [0.15, 0.2) is 5.16 Å². The molecule has 0 aromatic carbocycles. The molecule has 3 nitrogen and oxygen atoms in total. The Bertz CT molecular complexity index is 703. The molecule has 1 fully saturated rings. The van der Waals surface area contributed by atoms with Crippen LogP contribution < -0.4 is 0 Å². The zero-order chi connectivity index (χ0) is 16.1. The zero-order valence-corrected chi connectivity index (χ0v) is 14.7. The summed E-state index contributed by atoms with van der Waals surface area (Å²) in [5.74, 6) is 6.43. The van der Waals surface area contributed by atoms with Gasteiger partial charge in [-0.2, -0.15) is 0 Å². The molecule has 2 heterocycles. The summed E-state index contributed by atoms with van der Waals surface area (Å²) < 4.78 is 2.26. The summed E-state index contributed by atoms with van der Waals surface area (Å²) in [6.45, 7) is 4.25. The minimum atomic E-state index is 0.685. The molecule has 1 aliphatic carbocycles. The van der Waals surface area contributed by atoms with Gasteiger partial charge in [0.25, 0.3) is 0 Å². The minimum absolute atomic E-state index is 0.685. The summed E-state index contributed by atoms with van der Waals surface area (Å²) in [4.78, 5) is 9.17. The Morgan fingerprint density at radius 2 is 2.13 bits per heavy atom. The van der Waals surface area contributed by atoms with Gasteiger partial charge < -0.3 is 0 Å². The first kappa shape index (κ1) is 16.1. The molecule has 4 heteroatoms. The molecule has 0 bridgehead atoms. The van der Waals surface area contributed by atoms with Crippen LogP contribution >= 0.6 is 11.8 Å². The monoisotopic (exact) mass is 325 g/mol. The van der Waals surface area contributed by atoms with Crippen LogP contribution in [-0.4, -0.2) is 19.8 Å². The van der Waals surface area contributed by atoms with Gasteiger partial charge in [-0.3, -0.25) is 9.55 Å². The highest BCUT2D eigenvalue weighted by Crippen LogP contribution is 2.36. The first-order valence-electron chi connectivity index (χ1n) is 8.51. The molecule has 23 heavy (non-hydrogen) atoms. The molecule has 1 aliphatic rings. The molecule has 0 spiro atoms. The quantitative estimate of drug-likeness (QED) is 0.768. The molecule has 0 radical (unpaired) electrons. The van der Waals surface area contributed by atoms with E-state index in [0.717, 1.165) is 29.4 Å². The van der Waals surface area contributed by atoms with Crippen molar-refractivity contribution in [3.05, 3.63) is 35.9 Å². The van der Waals surface area contributed by atoms with E-state index in [1.807, 2.05) is 30.2 Å². The molecule has 1 saturated carbocycles. The molecule has 2 aromatic rings. The van der Waals surface area contributed by atoms with Gasteiger partial charge in [-0.25, -0.2) is 4.98 Å². The van der Waals surface area contributed by atoms with E-state index in [9.17, 15) is 0 Å². The third-order valence-electron chi connectivity index (χ3n) is 4.14. The standard InChI is InChI=1S/C19H23N3S/c1-3-5-12-17-18(4-2)22(15-9-8-13-20-14-15)19(21-17)23-16-10-6-7-11-16/h8-9,13-14,16H,3-4,6-7,10-11H2,1-2H3. The molecule has 0 aliphatic heterocycles.